The van der Waals surface area contributed by atoms with Crippen LogP contribution in [0.25, 0.3) is 11.1 Å². The molecular formula is C33H46N2O3. The molecule has 38 heavy (non-hydrogen) atoms. The van der Waals surface area contributed by atoms with Crippen LogP contribution in [0.2, 0.25) is 0 Å². The van der Waals surface area contributed by atoms with Crippen molar-refractivity contribution in [2.24, 2.45) is 5.92 Å². The zero-order chi connectivity index (χ0) is 26.9. The fourth-order valence-corrected chi connectivity index (χ4v) is 5.93. The molecule has 0 radical (unpaired) electrons. The average molecular weight is 519 g/mol. The molecule has 2 aromatic carbocycles. The van der Waals surface area contributed by atoms with E-state index in [4.69, 9.17) is 4.74 Å². The SMILES string of the molecule is C=C(O)CC1CCC(c2ccc(-c3ccc4c(c3)OC(CC)CN4C(=O)NCCCCCCC)cc2)CC1. The van der Waals surface area contributed by atoms with Gasteiger partial charge in [0.15, 0.2) is 0 Å². The number of amides is 2. The van der Waals surface area contributed by atoms with Crippen molar-refractivity contribution in [1.82, 2.24) is 5.32 Å². The van der Waals surface area contributed by atoms with Gasteiger partial charge in [-0.05, 0) is 79.2 Å². The number of hydrogen-bond acceptors (Lipinski definition) is 3. The third-order valence-electron chi connectivity index (χ3n) is 8.27. The lowest BCUT2D eigenvalue weighted by Gasteiger charge is -2.35. The number of benzene rings is 2. The molecule has 1 aliphatic carbocycles. The van der Waals surface area contributed by atoms with Gasteiger partial charge >= 0.3 is 6.03 Å². The molecule has 5 nitrogen and oxygen atoms in total. The number of aliphatic hydroxyl groups is 1. The number of nitrogens with one attached hydrogen (secondary N) is 1. The minimum atomic E-state index is -0.0291. The maximum atomic E-state index is 13.1. The van der Waals surface area contributed by atoms with Crippen LogP contribution in [-0.2, 0) is 0 Å². The topological polar surface area (TPSA) is 61.8 Å². The van der Waals surface area contributed by atoms with Crippen molar-refractivity contribution in [3.8, 4) is 16.9 Å². The van der Waals surface area contributed by atoms with Gasteiger partial charge in [0.25, 0.3) is 0 Å². The molecule has 2 aromatic rings. The van der Waals surface area contributed by atoms with E-state index >= 15 is 0 Å². The molecule has 0 spiro atoms. The summed E-state index contributed by atoms with van der Waals surface area (Å²) in [6, 6.07) is 15.1. The first-order valence-corrected chi connectivity index (χ1v) is 14.8. The van der Waals surface area contributed by atoms with Crippen LogP contribution >= 0.6 is 0 Å². The maximum absolute atomic E-state index is 13.1. The Kier molecular flexibility index (Phi) is 10.1. The summed E-state index contributed by atoms with van der Waals surface area (Å²) in [7, 11) is 0. The smallest absolute Gasteiger partial charge is 0.322 e. The Bertz CT molecular complexity index is 1060. The second-order valence-electron chi connectivity index (χ2n) is 11.2. The summed E-state index contributed by atoms with van der Waals surface area (Å²) in [5.41, 5.74) is 4.51. The van der Waals surface area contributed by atoms with Crippen LogP contribution in [0.5, 0.6) is 5.75 Å². The van der Waals surface area contributed by atoms with Gasteiger partial charge in [0, 0.05) is 13.0 Å². The van der Waals surface area contributed by atoms with E-state index in [0.29, 0.717) is 24.1 Å². The molecule has 2 aliphatic rings. The molecule has 0 saturated heterocycles. The highest BCUT2D eigenvalue weighted by Crippen LogP contribution is 2.40. The first kappa shape index (κ1) is 28.1. The predicted octanol–water partition coefficient (Wildman–Crippen LogP) is 8.75. The Morgan fingerprint density at radius 3 is 2.39 bits per heavy atom. The number of hydrogen-bond donors (Lipinski definition) is 2. The van der Waals surface area contributed by atoms with Crippen molar-refractivity contribution in [2.75, 3.05) is 18.0 Å². The lowest BCUT2D eigenvalue weighted by atomic mass is 9.77. The van der Waals surface area contributed by atoms with Gasteiger partial charge < -0.3 is 15.2 Å². The van der Waals surface area contributed by atoms with E-state index in [-0.39, 0.29) is 12.1 Å². The summed E-state index contributed by atoms with van der Waals surface area (Å²) in [5.74, 6) is 2.26. The lowest BCUT2D eigenvalue weighted by Crippen LogP contribution is -2.48. The van der Waals surface area contributed by atoms with Crippen LogP contribution < -0.4 is 15.0 Å². The van der Waals surface area contributed by atoms with Gasteiger partial charge in [-0.2, -0.15) is 0 Å². The van der Waals surface area contributed by atoms with E-state index in [1.54, 1.807) is 0 Å². The van der Waals surface area contributed by atoms with Crippen LogP contribution in [-0.4, -0.2) is 30.3 Å². The number of aliphatic hydroxyl groups excluding tert-OH is 1. The monoisotopic (exact) mass is 518 g/mol. The predicted molar refractivity (Wildman–Crippen MR) is 157 cm³/mol. The molecule has 1 heterocycles. The van der Waals surface area contributed by atoms with E-state index < -0.39 is 0 Å². The maximum Gasteiger partial charge on any atom is 0.322 e. The highest BCUT2D eigenvalue weighted by Gasteiger charge is 2.29. The molecule has 4 rings (SSSR count). The van der Waals surface area contributed by atoms with Crippen molar-refractivity contribution < 1.29 is 14.6 Å². The normalized spacial score (nSPS) is 20.9. The minimum absolute atomic E-state index is 0.00596. The Morgan fingerprint density at radius 1 is 1.00 bits per heavy atom. The Hall–Kier alpha value is -2.95. The zero-order valence-corrected chi connectivity index (χ0v) is 23.4. The molecule has 1 saturated carbocycles. The molecule has 5 heteroatoms. The summed E-state index contributed by atoms with van der Waals surface area (Å²) in [6.45, 7) is 9.28. The Balaban J connectivity index is 1.40. The van der Waals surface area contributed by atoms with Crippen LogP contribution in [0.3, 0.4) is 0 Å². The van der Waals surface area contributed by atoms with E-state index in [9.17, 15) is 9.90 Å². The van der Waals surface area contributed by atoms with Crippen LogP contribution in [0.1, 0.15) is 96.0 Å². The molecule has 2 N–H and O–H groups in total. The molecule has 0 bridgehead atoms. The number of rotatable bonds is 11. The molecule has 1 fully saturated rings. The number of nitrogens with zero attached hydrogens (tertiary/aromatic N) is 1. The number of urea groups is 1. The third kappa shape index (κ3) is 7.33. The van der Waals surface area contributed by atoms with Gasteiger partial charge in [-0.15, -0.1) is 0 Å². The molecule has 1 aliphatic heterocycles. The van der Waals surface area contributed by atoms with E-state index in [2.05, 4.69) is 62.1 Å². The largest absolute Gasteiger partial charge is 0.513 e. The van der Waals surface area contributed by atoms with Gasteiger partial charge in [0.2, 0.25) is 0 Å². The molecule has 0 aromatic heterocycles. The zero-order valence-electron chi connectivity index (χ0n) is 23.4. The number of carbonyl (C=O) groups excluding carboxylic acids is 1. The number of carbonyl (C=O) groups is 1. The van der Waals surface area contributed by atoms with Gasteiger partial charge in [0.05, 0.1) is 18.0 Å². The second-order valence-corrected chi connectivity index (χ2v) is 11.2. The average Bonchev–Trinajstić information content (AvgIpc) is 2.94. The summed E-state index contributed by atoms with van der Waals surface area (Å²) in [4.78, 5) is 14.9. The van der Waals surface area contributed by atoms with Crippen LogP contribution in [0, 0.1) is 5.92 Å². The number of ether oxygens (including phenoxy) is 1. The first-order chi connectivity index (χ1) is 18.5. The summed E-state index contributed by atoms with van der Waals surface area (Å²) < 4.78 is 6.30. The van der Waals surface area contributed by atoms with Crippen molar-refractivity contribution >= 4 is 11.7 Å². The van der Waals surface area contributed by atoms with Crippen LogP contribution in [0.15, 0.2) is 54.8 Å². The molecule has 1 unspecified atom stereocenters. The van der Waals surface area contributed by atoms with Gasteiger partial charge in [-0.25, -0.2) is 4.79 Å². The highest BCUT2D eigenvalue weighted by atomic mass is 16.5. The number of anilines is 1. The van der Waals surface area contributed by atoms with Gasteiger partial charge in [0.1, 0.15) is 11.9 Å². The highest BCUT2D eigenvalue weighted by molar-refractivity contribution is 5.94. The number of unbranched alkanes of at least 4 members (excludes halogenated alkanes) is 4. The first-order valence-electron chi connectivity index (χ1n) is 14.8. The fraction of sp³-hybridized carbons (Fsp3) is 0.545. The second kappa shape index (κ2) is 13.7. The molecule has 206 valence electrons. The third-order valence-corrected chi connectivity index (χ3v) is 8.27. The number of allylic oxidation sites excluding steroid dienone is 1. The summed E-state index contributed by atoms with van der Waals surface area (Å²) >= 11 is 0. The number of fused-ring (bicyclic) bond motifs is 1. The summed E-state index contributed by atoms with van der Waals surface area (Å²) in [5, 5.41) is 12.6. The van der Waals surface area contributed by atoms with Crippen molar-refractivity contribution in [2.45, 2.75) is 96.5 Å². The standard InChI is InChI=1S/C33H46N2O3/c1-4-6-7-8-9-20-34-33(37)35-23-30(5-2)38-32-22-29(18-19-31(32)35)28-16-14-27(15-17-28)26-12-10-25(11-13-26)21-24(3)36/h14-19,22,25-26,30,36H,3-13,20-21,23H2,1-2H3,(H,34,37). The van der Waals surface area contributed by atoms with Crippen LogP contribution in [0.4, 0.5) is 10.5 Å². The lowest BCUT2D eigenvalue weighted by molar-refractivity contribution is 0.186. The molecular weight excluding hydrogens is 472 g/mol. The summed E-state index contributed by atoms with van der Waals surface area (Å²) in [6.07, 6.45) is 12.1. The molecule has 1 atom stereocenters. The van der Waals surface area contributed by atoms with Crippen molar-refractivity contribution in [3.63, 3.8) is 0 Å². The Morgan fingerprint density at radius 2 is 1.71 bits per heavy atom. The Labute approximate surface area is 229 Å². The fourth-order valence-electron chi connectivity index (χ4n) is 5.93. The molecule has 2 amide bonds. The van der Waals surface area contributed by atoms with Crippen molar-refractivity contribution in [3.05, 3.63) is 60.4 Å². The minimum Gasteiger partial charge on any atom is -0.513 e. The van der Waals surface area contributed by atoms with Gasteiger partial charge in [-0.3, -0.25) is 4.90 Å². The quantitative estimate of drug-likeness (QED) is 0.231. The van der Waals surface area contributed by atoms with E-state index in [0.717, 1.165) is 67.6 Å². The van der Waals surface area contributed by atoms with E-state index in [1.165, 1.54) is 37.7 Å². The van der Waals surface area contributed by atoms with E-state index in [1.807, 2.05) is 11.0 Å². The van der Waals surface area contributed by atoms with Gasteiger partial charge in [-0.1, -0.05) is 76.4 Å². The van der Waals surface area contributed by atoms with Crippen molar-refractivity contribution in [1.29, 1.82) is 0 Å².